The van der Waals surface area contributed by atoms with Gasteiger partial charge in [-0.3, -0.25) is 0 Å². The summed E-state index contributed by atoms with van der Waals surface area (Å²) in [6, 6.07) is 0. The maximum atomic E-state index is 5.82. The summed E-state index contributed by atoms with van der Waals surface area (Å²) in [7, 11) is 2.06. The minimum Gasteiger partial charge on any atom is -0.487 e. The van der Waals surface area contributed by atoms with E-state index in [1.165, 1.54) is 18.0 Å². The summed E-state index contributed by atoms with van der Waals surface area (Å²) < 4.78 is 15.2. The molecule has 0 bridgehead atoms. The first-order valence-electron chi connectivity index (χ1n) is 6.39. The lowest BCUT2D eigenvalue weighted by Gasteiger charge is -2.27. The molecule has 0 aromatic carbocycles. The second kappa shape index (κ2) is 6.24. The van der Waals surface area contributed by atoms with Gasteiger partial charge in [0.2, 0.25) is 0 Å². The first-order chi connectivity index (χ1) is 8.72. The van der Waals surface area contributed by atoms with E-state index in [1.807, 2.05) is 6.92 Å². The third-order valence-corrected chi connectivity index (χ3v) is 4.04. The van der Waals surface area contributed by atoms with E-state index in [4.69, 9.17) is 15.2 Å². The highest BCUT2D eigenvalue weighted by Crippen LogP contribution is 2.38. The van der Waals surface area contributed by atoms with Crippen LogP contribution in [0.15, 0.2) is 0 Å². The van der Waals surface area contributed by atoms with E-state index in [0.29, 0.717) is 18.3 Å². The number of rotatable bonds is 5. The molecule has 0 aliphatic carbocycles. The van der Waals surface area contributed by atoms with E-state index in [0.717, 1.165) is 36.9 Å². The lowest BCUT2D eigenvalue weighted by molar-refractivity contribution is 0.0576. The molecule has 1 unspecified atom stereocenters. The Kier molecular flexibility index (Phi) is 4.66. The van der Waals surface area contributed by atoms with Gasteiger partial charge < -0.3 is 20.1 Å². The summed E-state index contributed by atoms with van der Waals surface area (Å²) in [5, 5.41) is 1.01. The molecular formula is C12H21N3O2S. The fraction of sp³-hybridized carbons (Fsp3) is 0.750. The van der Waals surface area contributed by atoms with Crippen LogP contribution in [-0.2, 0) is 4.74 Å². The summed E-state index contributed by atoms with van der Waals surface area (Å²) in [5.74, 6) is 1.80. The Morgan fingerprint density at radius 2 is 2.44 bits per heavy atom. The number of nitrogens with two attached hydrogens (primary N) is 1. The Balaban J connectivity index is 2.01. The number of hydrogen-bond donors (Lipinski definition) is 1. The van der Waals surface area contributed by atoms with Gasteiger partial charge in [-0.25, -0.2) is 0 Å². The average molecular weight is 271 g/mol. The van der Waals surface area contributed by atoms with Gasteiger partial charge in [0.05, 0.1) is 13.2 Å². The Morgan fingerprint density at radius 3 is 3.11 bits per heavy atom. The second-order valence-corrected chi connectivity index (χ2v) is 5.35. The smallest absolute Gasteiger partial charge is 0.197 e. The van der Waals surface area contributed by atoms with E-state index < -0.39 is 0 Å². The number of nitrogens with zero attached hydrogens (tertiary/aromatic N) is 2. The summed E-state index contributed by atoms with van der Waals surface area (Å²) in [5.41, 5.74) is 5.82. The minimum atomic E-state index is 0.489. The van der Waals surface area contributed by atoms with Crippen molar-refractivity contribution in [2.24, 2.45) is 5.92 Å². The average Bonchev–Trinajstić information content (AvgIpc) is 2.73. The van der Waals surface area contributed by atoms with Crippen molar-refractivity contribution < 1.29 is 9.47 Å². The molecule has 1 saturated heterocycles. The molecule has 2 N–H and O–H groups in total. The number of nitrogen functional groups attached to an aromatic ring is 1. The van der Waals surface area contributed by atoms with Crippen molar-refractivity contribution in [2.45, 2.75) is 19.8 Å². The van der Waals surface area contributed by atoms with Crippen molar-refractivity contribution in [3.8, 4) is 5.75 Å². The van der Waals surface area contributed by atoms with Crippen LogP contribution >= 0.6 is 11.5 Å². The predicted molar refractivity (Wildman–Crippen MR) is 74.5 cm³/mol. The molecule has 1 aromatic rings. The van der Waals surface area contributed by atoms with Gasteiger partial charge in [0.1, 0.15) is 0 Å². The highest BCUT2D eigenvalue weighted by molar-refractivity contribution is 7.11. The van der Waals surface area contributed by atoms with E-state index in [2.05, 4.69) is 16.3 Å². The van der Waals surface area contributed by atoms with E-state index in [-0.39, 0.29) is 0 Å². The molecule has 0 radical (unpaired) electrons. The van der Waals surface area contributed by atoms with Gasteiger partial charge in [-0.05, 0) is 37.2 Å². The van der Waals surface area contributed by atoms with E-state index in [1.54, 1.807) is 0 Å². The van der Waals surface area contributed by atoms with Gasteiger partial charge >= 0.3 is 0 Å². The molecule has 1 atom stereocenters. The van der Waals surface area contributed by atoms with Crippen LogP contribution in [0.25, 0.3) is 0 Å². The molecule has 0 saturated carbocycles. The first kappa shape index (κ1) is 13.4. The fourth-order valence-corrected chi connectivity index (χ4v) is 2.96. The van der Waals surface area contributed by atoms with Crippen LogP contribution in [0.5, 0.6) is 5.75 Å². The maximum Gasteiger partial charge on any atom is 0.197 e. The standard InChI is InChI=1S/C12H21N3O2S/c1-3-17-10-11(13)14-18-12(10)15(2)7-9-5-4-6-16-8-9/h9H,3-8H2,1-2H3,(H2,13,14). The van der Waals surface area contributed by atoms with Crippen molar-refractivity contribution in [1.29, 1.82) is 0 Å². The van der Waals surface area contributed by atoms with Crippen molar-refractivity contribution >= 4 is 22.4 Å². The first-order valence-corrected chi connectivity index (χ1v) is 7.16. The Bertz CT molecular complexity index is 377. The molecule has 0 amide bonds. The molecular weight excluding hydrogens is 250 g/mol. The Labute approximate surface area is 112 Å². The Morgan fingerprint density at radius 1 is 1.61 bits per heavy atom. The van der Waals surface area contributed by atoms with Gasteiger partial charge in [-0.15, -0.1) is 0 Å². The monoisotopic (exact) mass is 271 g/mol. The van der Waals surface area contributed by atoms with Crippen LogP contribution in [0.1, 0.15) is 19.8 Å². The molecule has 5 nitrogen and oxygen atoms in total. The van der Waals surface area contributed by atoms with Crippen molar-refractivity contribution in [1.82, 2.24) is 4.37 Å². The highest BCUT2D eigenvalue weighted by Gasteiger charge is 2.21. The molecule has 6 heteroatoms. The largest absolute Gasteiger partial charge is 0.487 e. The Hall–Kier alpha value is -1.01. The molecule has 2 rings (SSSR count). The number of anilines is 2. The van der Waals surface area contributed by atoms with Gasteiger partial charge in [0.25, 0.3) is 0 Å². The summed E-state index contributed by atoms with van der Waals surface area (Å²) in [6.45, 7) is 5.27. The number of ether oxygens (including phenoxy) is 2. The fourth-order valence-electron chi connectivity index (χ4n) is 2.23. The van der Waals surface area contributed by atoms with Gasteiger partial charge in [-0.2, -0.15) is 4.37 Å². The molecule has 2 heterocycles. The third kappa shape index (κ3) is 3.05. The lowest BCUT2D eigenvalue weighted by atomic mass is 10.0. The van der Waals surface area contributed by atoms with Gasteiger partial charge in [-0.1, -0.05) is 0 Å². The molecule has 1 aromatic heterocycles. The summed E-state index contributed by atoms with van der Waals surface area (Å²) >= 11 is 1.40. The summed E-state index contributed by atoms with van der Waals surface area (Å²) in [4.78, 5) is 2.18. The molecule has 1 aliphatic rings. The van der Waals surface area contributed by atoms with Crippen molar-refractivity contribution in [3.05, 3.63) is 0 Å². The molecule has 1 aliphatic heterocycles. The minimum absolute atomic E-state index is 0.489. The van der Waals surface area contributed by atoms with E-state index >= 15 is 0 Å². The highest BCUT2D eigenvalue weighted by atomic mass is 32.1. The topological polar surface area (TPSA) is 60.6 Å². The van der Waals surface area contributed by atoms with Crippen LogP contribution in [0.3, 0.4) is 0 Å². The summed E-state index contributed by atoms with van der Waals surface area (Å²) in [6.07, 6.45) is 2.38. The molecule has 1 fully saturated rings. The third-order valence-electron chi connectivity index (χ3n) is 3.08. The number of aromatic nitrogens is 1. The predicted octanol–water partition coefficient (Wildman–Crippen LogP) is 1.99. The zero-order chi connectivity index (χ0) is 13.0. The zero-order valence-corrected chi connectivity index (χ0v) is 11.8. The van der Waals surface area contributed by atoms with Crippen LogP contribution in [-0.4, -0.2) is 37.8 Å². The van der Waals surface area contributed by atoms with Crippen LogP contribution in [0, 0.1) is 5.92 Å². The van der Waals surface area contributed by atoms with Crippen LogP contribution in [0.2, 0.25) is 0 Å². The number of hydrogen-bond acceptors (Lipinski definition) is 6. The van der Waals surface area contributed by atoms with Crippen molar-refractivity contribution in [3.63, 3.8) is 0 Å². The molecule has 18 heavy (non-hydrogen) atoms. The van der Waals surface area contributed by atoms with Crippen LogP contribution < -0.4 is 15.4 Å². The van der Waals surface area contributed by atoms with Crippen molar-refractivity contribution in [2.75, 3.05) is 44.0 Å². The van der Waals surface area contributed by atoms with Gasteiger partial charge in [0.15, 0.2) is 16.6 Å². The molecule has 0 spiro atoms. The lowest BCUT2D eigenvalue weighted by Crippen LogP contribution is -2.30. The van der Waals surface area contributed by atoms with Crippen LogP contribution in [0.4, 0.5) is 10.8 Å². The SMILES string of the molecule is CCOc1c(N)nsc1N(C)CC1CCCOC1. The second-order valence-electron chi connectivity index (χ2n) is 4.60. The van der Waals surface area contributed by atoms with Gasteiger partial charge in [0, 0.05) is 20.2 Å². The maximum absolute atomic E-state index is 5.82. The zero-order valence-electron chi connectivity index (χ0n) is 11.0. The molecule has 102 valence electrons. The van der Waals surface area contributed by atoms with E-state index in [9.17, 15) is 0 Å². The quantitative estimate of drug-likeness (QED) is 0.887. The normalized spacial score (nSPS) is 19.8.